The van der Waals surface area contributed by atoms with Gasteiger partial charge in [0.1, 0.15) is 0 Å². The predicted octanol–water partition coefficient (Wildman–Crippen LogP) is 1.16. The van der Waals surface area contributed by atoms with Crippen LogP contribution in [0.5, 0.6) is 0 Å². The summed E-state index contributed by atoms with van der Waals surface area (Å²) in [7, 11) is 1.62. The maximum atomic E-state index is 12.7. The molecule has 4 rings (SSSR count). The Balaban J connectivity index is 2.36. The van der Waals surface area contributed by atoms with Crippen LogP contribution in [0.25, 0.3) is 27.9 Å². The summed E-state index contributed by atoms with van der Waals surface area (Å²) in [5, 5.41) is 2.11. The number of hydrogen-bond donors (Lipinski definition) is 0. The minimum absolute atomic E-state index is 0.0116. The molecule has 1 aliphatic rings. The third-order valence-electron chi connectivity index (χ3n) is 3.65. The lowest BCUT2D eigenvalue weighted by molar-refractivity contribution is 0.0851. The van der Waals surface area contributed by atoms with Gasteiger partial charge in [-0.1, -0.05) is 6.08 Å². The second-order valence-electron chi connectivity index (χ2n) is 4.67. The minimum Gasteiger partial charge on any atom is -0.358 e. The van der Waals surface area contributed by atoms with Gasteiger partial charge >= 0.3 is 0 Å². The van der Waals surface area contributed by atoms with Crippen LogP contribution in [0.4, 0.5) is 0 Å². The highest BCUT2D eigenvalue weighted by atomic mass is 16.5. The van der Waals surface area contributed by atoms with Crippen LogP contribution in [-0.2, 0) is 4.74 Å². The molecule has 0 N–H and O–H groups in total. The van der Waals surface area contributed by atoms with Crippen molar-refractivity contribution in [2.75, 3.05) is 7.11 Å². The number of methoxy groups -OCH3 is 1. The van der Waals surface area contributed by atoms with E-state index in [1.807, 2.05) is 16.7 Å². The first-order valence-corrected chi connectivity index (χ1v) is 6.29. The quantitative estimate of drug-likeness (QED) is 0.662. The molecule has 4 heterocycles. The zero-order valence-corrected chi connectivity index (χ0v) is 10.8. The van der Waals surface area contributed by atoms with Crippen molar-refractivity contribution in [3.63, 3.8) is 0 Å². The molecule has 0 fully saturated rings. The highest BCUT2D eigenvalue weighted by Crippen LogP contribution is 2.23. The normalized spacial score (nSPS) is 17.4. The summed E-state index contributed by atoms with van der Waals surface area (Å²) in [6, 6.07) is 1.76. The van der Waals surface area contributed by atoms with Gasteiger partial charge < -0.3 is 9.30 Å². The summed E-state index contributed by atoms with van der Waals surface area (Å²) in [5.41, 5.74) is 1.56. The van der Waals surface area contributed by atoms with Crippen molar-refractivity contribution in [1.29, 1.82) is 0 Å². The van der Waals surface area contributed by atoms with E-state index in [9.17, 15) is 4.79 Å². The first-order valence-electron chi connectivity index (χ1n) is 6.29. The average molecular weight is 265 g/mol. The van der Waals surface area contributed by atoms with Crippen LogP contribution in [0, 0.1) is 0 Å². The van der Waals surface area contributed by atoms with Gasteiger partial charge in [0.2, 0.25) is 5.43 Å². The van der Waals surface area contributed by atoms with Gasteiger partial charge in [0.15, 0.2) is 6.23 Å². The van der Waals surface area contributed by atoms with E-state index in [2.05, 4.69) is 9.97 Å². The lowest BCUT2D eigenvalue weighted by atomic mass is 10.1. The largest absolute Gasteiger partial charge is 0.358 e. The molecule has 0 radical (unpaired) electrons. The molecule has 0 aliphatic carbocycles. The highest BCUT2D eigenvalue weighted by molar-refractivity contribution is 6.06. The molecule has 0 saturated carbocycles. The number of nitrogens with zero attached hydrogens (tertiary/aromatic N) is 3. The van der Waals surface area contributed by atoms with E-state index in [1.165, 1.54) is 0 Å². The summed E-state index contributed by atoms with van der Waals surface area (Å²) in [6.07, 6.45) is 10.3. The Morgan fingerprint density at radius 1 is 1.35 bits per heavy atom. The molecule has 1 aliphatic heterocycles. The van der Waals surface area contributed by atoms with Crippen molar-refractivity contribution in [2.45, 2.75) is 6.23 Å². The average Bonchev–Trinajstić information content (AvgIpc) is 2.51. The van der Waals surface area contributed by atoms with Crippen LogP contribution in [0.3, 0.4) is 0 Å². The van der Waals surface area contributed by atoms with Crippen molar-refractivity contribution in [1.82, 2.24) is 14.5 Å². The molecule has 0 amide bonds. The fourth-order valence-corrected chi connectivity index (χ4v) is 2.78. The van der Waals surface area contributed by atoms with Gasteiger partial charge in [-0.2, -0.15) is 0 Å². The number of ether oxygens (including phenoxy) is 1. The number of aromatic nitrogens is 3. The van der Waals surface area contributed by atoms with Gasteiger partial charge in [0, 0.05) is 24.1 Å². The Morgan fingerprint density at radius 2 is 2.25 bits per heavy atom. The minimum atomic E-state index is -0.306. The lowest BCUT2D eigenvalue weighted by Gasteiger charge is -2.21. The number of hydrogen-bond acceptors (Lipinski definition) is 4. The van der Waals surface area contributed by atoms with Crippen LogP contribution in [0.2, 0.25) is 0 Å². The van der Waals surface area contributed by atoms with Gasteiger partial charge in [0.05, 0.1) is 28.8 Å². The van der Waals surface area contributed by atoms with Gasteiger partial charge in [-0.05, 0) is 18.2 Å². The molecule has 1 atom stereocenters. The number of allylic oxidation sites excluding steroid dienone is 1. The van der Waals surface area contributed by atoms with Gasteiger partial charge in [-0.25, -0.2) is 0 Å². The standard InChI is InChI=1S/C15H11N3O2/c1-20-13-4-2-3-11-15(19)9-5-6-17-10-7-16-8-12(14(9)10)18(11)13/h2-8,13H,1H3. The van der Waals surface area contributed by atoms with Crippen LogP contribution in [0.1, 0.15) is 6.23 Å². The maximum Gasteiger partial charge on any atom is 0.210 e. The monoisotopic (exact) mass is 265 g/mol. The van der Waals surface area contributed by atoms with Crippen molar-refractivity contribution < 1.29 is 4.74 Å². The van der Waals surface area contributed by atoms with Crippen molar-refractivity contribution in [3.8, 4) is 0 Å². The Kier molecular flexibility index (Phi) is 2.25. The Bertz CT molecular complexity index is 967. The summed E-state index contributed by atoms with van der Waals surface area (Å²) in [4.78, 5) is 21.2. The van der Waals surface area contributed by atoms with Gasteiger partial charge in [-0.15, -0.1) is 0 Å². The molecule has 0 bridgehead atoms. The van der Waals surface area contributed by atoms with Crippen molar-refractivity contribution in [3.05, 3.63) is 52.4 Å². The maximum absolute atomic E-state index is 12.7. The SMILES string of the molecule is COC1C=CC=c2c(=O)c3ccnc4cncc(c43)n21. The number of pyridine rings is 3. The third kappa shape index (κ3) is 1.32. The fraction of sp³-hybridized carbons (Fsp3) is 0.133. The molecule has 20 heavy (non-hydrogen) atoms. The topological polar surface area (TPSA) is 57.0 Å². The van der Waals surface area contributed by atoms with Crippen LogP contribution < -0.4 is 10.8 Å². The predicted molar refractivity (Wildman–Crippen MR) is 76.2 cm³/mol. The van der Waals surface area contributed by atoms with Crippen LogP contribution in [-0.4, -0.2) is 21.6 Å². The van der Waals surface area contributed by atoms with E-state index in [0.717, 1.165) is 16.4 Å². The number of rotatable bonds is 1. The molecule has 0 spiro atoms. The Hall–Kier alpha value is -2.53. The number of fused-ring (bicyclic) bond motifs is 2. The van der Waals surface area contributed by atoms with Gasteiger partial charge in [-0.3, -0.25) is 14.8 Å². The Labute approximate surface area is 113 Å². The summed E-state index contributed by atoms with van der Waals surface area (Å²) in [6.45, 7) is 0. The molecular weight excluding hydrogens is 254 g/mol. The van der Waals surface area contributed by atoms with E-state index in [0.29, 0.717) is 10.7 Å². The second kappa shape index (κ2) is 3.98. The Morgan fingerprint density at radius 3 is 3.10 bits per heavy atom. The molecule has 1 unspecified atom stereocenters. The first-order chi connectivity index (χ1) is 9.81. The summed E-state index contributed by atoms with van der Waals surface area (Å²) in [5.74, 6) is 0. The van der Waals surface area contributed by atoms with E-state index < -0.39 is 0 Å². The molecule has 3 aromatic rings. The molecule has 5 heteroatoms. The smallest absolute Gasteiger partial charge is 0.210 e. The van der Waals surface area contributed by atoms with Crippen molar-refractivity contribution in [2.24, 2.45) is 0 Å². The third-order valence-corrected chi connectivity index (χ3v) is 3.65. The first kappa shape index (κ1) is 11.3. The molecule has 3 aromatic heterocycles. The van der Waals surface area contributed by atoms with E-state index in [4.69, 9.17) is 4.74 Å². The molecule has 98 valence electrons. The van der Waals surface area contributed by atoms with Crippen molar-refractivity contribution >= 4 is 27.9 Å². The van der Waals surface area contributed by atoms with Crippen LogP contribution in [0.15, 0.2) is 41.6 Å². The molecular formula is C15H11N3O2. The van der Waals surface area contributed by atoms with E-state index in [-0.39, 0.29) is 11.7 Å². The molecule has 0 aromatic carbocycles. The lowest BCUT2D eigenvalue weighted by Crippen LogP contribution is -2.39. The summed E-state index contributed by atoms with van der Waals surface area (Å²) < 4.78 is 7.32. The second-order valence-corrected chi connectivity index (χ2v) is 4.67. The van der Waals surface area contributed by atoms with E-state index in [1.54, 1.807) is 37.8 Å². The zero-order chi connectivity index (χ0) is 13.7. The molecule has 0 saturated heterocycles. The van der Waals surface area contributed by atoms with Crippen LogP contribution >= 0.6 is 0 Å². The van der Waals surface area contributed by atoms with E-state index >= 15 is 0 Å². The highest BCUT2D eigenvalue weighted by Gasteiger charge is 2.18. The molecule has 5 nitrogen and oxygen atoms in total. The fourth-order valence-electron chi connectivity index (χ4n) is 2.78. The summed E-state index contributed by atoms with van der Waals surface area (Å²) >= 11 is 0. The van der Waals surface area contributed by atoms with Gasteiger partial charge in [0.25, 0.3) is 0 Å². The zero-order valence-electron chi connectivity index (χ0n) is 10.8.